The van der Waals surface area contributed by atoms with Gasteiger partial charge in [-0.25, -0.2) is 4.79 Å². The molecule has 0 radical (unpaired) electrons. The van der Waals surface area contributed by atoms with Crippen molar-refractivity contribution in [2.75, 3.05) is 13.2 Å². The first-order valence-electron chi connectivity index (χ1n) is 7.00. The Morgan fingerprint density at radius 2 is 1.95 bits per heavy atom. The Kier molecular flexibility index (Phi) is 5.11. The molecule has 1 saturated heterocycles. The van der Waals surface area contributed by atoms with Gasteiger partial charge in [0.15, 0.2) is 6.29 Å². The van der Waals surface area contributed by atoms with Crippen LogP contribution in [0.1, 0.15) is 25.3 Å². The van der Waals surface area contributed by atoms with Gasteiger partial charge >= 0.3 is 5.97 Å². The Balaban J connectivity index is 2.03. The molecule has 0 aromatic heterocycles. The number of hydrogen-bond donors (Lipinski definition) is 0. The molecule has 1 aromatic carbocycles. The van der Waals surface area contributed by atoms with E-state index in [-0.39, 0.29) is 25.3 Å². The number of ether oxygens (including phenoxy) is 3. The quantitative estimate of drug-likeness (QED) is 0.625. The molecule has 1 fully saturated rings. The van der Waals surface area contributed by atoms with Gasteiger partial charge in [-0.05, 0) is 30.7 Å². The molecule has 0 bridgehead atoms. The predicted octanol–water partition coefficient (Wildman–Crippen LogP) is 2.15. The van der Waals surface area contributed by atoms with Crippen LogP contribution in [0.25, 0.3) is 0 Å². The number of rotatable bonds is 4. The van der Waals surface area contributed by atoms with Crippen molar-refractivity contribution >= 4 is 5.97 Å². The molecule has 6 heteroatoms. The van der Waals surface area contributed by atoms with E-state index in [1.165, 1.54) is 24.3 Å². The van der Waals surface area contributed by atoms with Gasteiger partial charge in [-0.15, -0.1) is 0 Å². The third-order valence-corrected chi connectivity index (χ3v) is 3.35. The Morgan fingerprint density at radius 1 is 1.32 bits per heavy atom. The number of carbonyl (C=O) groups excluding carboxylic acids is 1. The van der Waals surface area contributed by atoms with Gasteiger partial charge in [-0.2, -0.15) is 10.5 Å². The zero-order chi connectivity index (χ0) is 16.0. The molecule has 0 amide bonds. The molecule has 6 nitrogen and oxygen atoms in total. The molecule has 0 aliphatic carbocycles. The van der Waals surface area contributed by atoms with Crippen LogP contribution in [0.3, 0.4) is 0 Å². The number of nitriles is 2. The molecular formula is C16H16N2O4. The summed E-state index contributed by atoms with van der Waals surface area (Å²) in [6, 6.07) is 10.0. The lowest BCUT2D eigenvalue weighted by molar-refractivity contribution is -0.222. The van der Waals surface area contributed by atoms with Crippen LogP contribution in [0.2, 0.25) is 0 Å². The highest BCUT2D eigenvalue weighted by molar-refractivity contribution is 5.82. The molecule has 2 rings (SSSR count). The summed E-state index contributed by atoms with van der Waals surface area (Å²) in [5.41, 5.74) is -1.00. The number of nitrogens with zero attached hydrogens (tertiary/aromatic N) is 2. The summed E-state index contributed by atoms with van der Waals surface area (Å²) in [6.45, 7) is 1.89. The van der Waals surface area contributed by atoms with Crippen LogP contribution >= 0.6 is 0 Å². The molecule has 0 N–H and O–H groups in total. The standard InChI is InChI=1S/C16H16N2O4/c1-2-3-14-20-10-16(9-18,11-21-14)15(19)22-13-6-4-12(8-17)5-7-13/h4-7,14H,2-3,10-11H2,1H3/t14-,16+. The maximum absolute atomic E-state index is 12.3. The van der Waals surface area contributed by atoms with Crippen molar-refractivity contribution in [2.45, 2.75) is 26.1 Å². The highest BCUT2D eigenvalue weighted by Crippen LogP contribution is 2.28. The maximum Gasteiger partial charge on any atom is 0.336 e. The minimum absolute atomic E-state index is 0.0523. The Morgan fingerprint density at radius 3 is 2.45 bits per heavy atom. The van der Waals surface area contributed by atoms with Gasteiger partial charge < -0.3 is 14.2 Å². The summed E-state index contributed by atoms with van der Waals surface area (Å²) < 4.78 is 16.1. The van der Waals surface area contributed by atoms with Crippen LogP contribution in [-0.2, 0) is 14.3 Å². The van der Waals surface area contributed by atoms with Crippen molar-refractivity contribution in [2.24, 2.45) is 5.41 Å². The molecule has 1 heterocycles. The molecule has 0 atom stereocenters. The van der Waals surface area contributed by atoms with Crippen molar-refractivity contribution in [3.05, 3.63) is 29.8 Å². The van der Waals surface area contributed by atoms with E-state index in [1.54, 1.807) is 0 Å². The third kappa shape index (κ3) is 3.43. The Hall–Kier alpha value is -2.41. The Labute approximate surface area is 128 Å². The first kappa shape index (κ1) is 16.0. The van der Waals surface area contributed by atoms with Crippen LogP contribution in [0.4, 0.5) is 0 Å². The second-order valence-corrected chi connectivity index (χ2v) is 5.06. The number of esters is 1. The maximum atomic E-state index is 12.3. The number of benzene rings is 1. The highest BCUT2D eigenvalue weighted by Gasteiger charge is 2.46. The van der Waals surface area contributed by atoms with Gasteiger partial charge in [0.1, 0.15) is 5.75 Å². The van der Waals surface area contributed by atoms with E-state index in [9.17, 15) is 10.1 Å². The Bertz CT molecular complexity index is 605. The van der Waals surface area contributed by atoms with Crippen molar-refractivity contribution in [3.8, 4) is 17.9 Å². The van der Waals surface area contributed by atoms with E-state index < -0.39 is 11.4 Å². The summed E-state index contributed by atoms with van der Waals surface area (Å²) in [5.74, 6) is -0.441. The average molecular weight is 300 g/mol. The lowest BCUT2D eigenvalue weighted by Gasteiger charge is -2.33. The summed E-state index contributed by atoms with van der Waals surface area (Å²) in [4.78, 5) is 12.3. The average Bonchev–Trinajstić information content (AvgIpc) is 2.56. The molecule has 1 aromatic rings. The summed E-state index contributed by atoms with van der Waals surface area (Å²) in [5, 5.41) is 18.1. The third-order valence-electron chi connectivity index (χ3n) is 3.35. The van der Waals surface area contributed by atoms with Crippen LogP contribution in [-0.4, -0.2) is 25.5 Å². The van der Waals surface area contributed by atoms with E-state index in [0.717, 1.165) is 6.42 Å². The van der Waals surface area contributed by atoms with Crippen molar-refractivity contribution in [1.82, 2.24) is 0 Å². The van der Waals surface area contributed by atoms with Crippen molar-refractivity contribution in [1.29, 1.82) is 10.5 Å². The van der Waals surface area contributed by atoms with Gasteiger partial charge in [-0.1, -0.05) is 13.3 Å². The zero-order valence-electron chi connectivity index (χ0n) is 12.2. The van der Waals surface area contributed by atoms with Gasteiger partial charge in [0, 0.05) is 0 Å². The molecule has 0 saturated carbocycles. The highest BCUT2D eigenvalue weighted by atomic mass is 16.7. The monoisotopic (exact) mass is 300 g/mol. The molecule has 1 aliphatic rings. The fourth-order valence-electron chi connectivity index (χ4n) is 1.99. The van der Waals surface area contributed by atoms with E-state index in [2.05, 4.69) is 0 Å². The molecule has 0 spiro atoms. The molecule has 0 unspecified atom stereocenters. The largest absolute Gasteiger partial charge is 0.425 e. The van der Waals surface area contributed by atoms with Gasteiger partial charge in [0.05, 0.1) is 30.9 Å². The second-order valence-electron chi connectivity index (χ2n) is 5.06. The molecule has 1 aliphatic heterocycles. The fraction of sp³-hybridized carbons (Fsp3) is 0.438. The number of carbonyl (C=O) groups is 1. The lowest BCUT2D eigenvalue weighted by Crippen LogP contribution is -2.48. The predicted molar refractivity (Wildman–Crippen MR) is 75.4 cm³/mol. The van der Waals surface area contributed by atoms with Crippen LogP contribution in [0.5, 0.6) is 5.75 Å². The minimum Gasteiger partial charge on any atom is -0.425 e. The fourth-order valence-corrected chi connectivity index (χ4v) is 1.99. The van der Waals surface area contributed by atoms with Crippen LogP contribution in [0.15, 0.2) is 24.3 Å². The minimum atomic E-state index is -1.46. The van der Waals surface area contributed by atoms with E-state index >= 15 is 0 Å². The first-order valence-corrected chi connectivity index (χ1v) is 7.00. The van der Waals surface area contributed by atoms with E-state index in [0.29, 0.717) is 12.0 Å². The normalized spacial score (nSPS) is 24.0. The SMILES string of the molecule is CCC[C@H]1OC[C@@](C#N)(C(=O)Oc2ccc(C#N)cc2)CO1. The van der Waals surface area contributed by atoms with Gasteiger partial charge in [-0.3, -0.25) is 0 Å². The zero-order valence-corrected chi connectivity index (χ0v) is 12.2. The second kappa shape index (κ2) is 7.04. The van der Waals surface area contributed by atoms with Crippen molar-refractivity contribution in [3.63, 3.8) is 0 Å². The molecule has 22 heavy (non-hydrogen) atoms. The molecule has 114 valence electrons. The van der Waals surface area contributed by atoms with Gasteiger partial charge in [0.2, 0.25) is 5.41 Å². The number of hydrogen-bond acceptors (Lipinski definition) is 6. The van der Waals surface area contributed by atoms with Gasteiger partial charge in [0.25, 0.3) is 0 Å². The smallest absolute Gasteiger partial charge is 0.336 e. The van der Waals surface area contributed by atoms with E-state index in [4.69, 9.17) is 19.5 Å². The van der Waals surface area contributed by atoms with Crippen molar-refractivity contribution < 1.29 is 19.0 Å². The summed E-state index contributed by atoms with van der Waals surface area (Å²) in [7, 11) is 0. The first-order chi connectivity index (χ1) is 10.6. The lowest BCUT2D eigenvalue weighted by atomic mass is 9.91. The summed E-state index contributed by atoms with van der Waals surface area (Å²) >= 11 is 0. The van der Waals surface area contributed by atoms with Crippen LogP contribution in [0, 0.1) is 28.1 Å². The topological polar surface area (TPSA) is 92.3 Å². The van der Waals surface area contributed by atoms with E-state index in [1.807, 2.05) is 19.1 Å². The van der Waals surface area contributed by atoms with Crippen LogP contribution < -0.4 is 4.74 Å². The summed E-state index contributed by atoms with van der Waals surface area (Å²) in [6.07, 6.45) is 1.22. The molecular weight excluding hydrogens is 284 g/mol.